The molecular formula is C8H13N3O4S. The lowest BCUT2D eigenvalue weighted by Gasteiger charge is -2.05. The second-order valence-electron chi connectivity index (χ2n) is 3.19. The van der Waals surface area contributed by atoms with Crippen molar-refractivity contribution in [3.63, 3.8) is 0 Å². The average molecular weight is 247 g/mol. The SMILES string of the molecule is Cn1nccc1S(=O)(=O)NCCCC(=O)O. The first-order valence-electron chi connectivity index (χ1n) is 4.63. The van der Waals surface area contributed by atoms with Gasteiger partial charge in [-0.25, -0.2) is 13.1 Å². The zero-order valence-electron chi connectivity index (χ0n) is 8.75. The summed E-state index contributed by atoms with van der Waals surface area (Å²) in [7, 11) is -2.07. The van der Waals surface area contributed by atoms with Gasteiger partial charge >= 0.3 is 5.97 Å². The molecule has 0 bridgehead atoms. The summed E-state index contributed by atoms with van der Waals surface area (Å²) < 4.78 is 26.8. The Labute approximate surface area is 93.1 Å². The van der Waals surface area contributed by atoms with Gasteiger partial charge in [-0.15, -0.1) is 0 Å². The number of sulfonamides is 1. The fraction of sp³-hybridized carbons (Fsp3) is 0.500. The normalized spacial score (nSPS) is 11.6. The number of hydrogen-bond donors (Lipinski definition) is 2. The molecule has 16 heavy (non-hydrogen) atoms. The van der Waals surface area contributed by atoms with Gasteiger partial charge in [-0.2, -0.15) is 5.10 Å². The molecule has 0 saturated heterocycles. The van der Waals surface area contributed by atoms with Crippen molar-refractivity contribution in [2.75, 3.05) is 6.54 Å². The van der Waals surface area contributed by atoms with Gasteiger partial charge in [0.1, 0.15) is 0 Å². The van der Waals surface area contributed by atoms with Crippen molar-refractivity contribution >= 4 is 16.0 Å². The minimum absolute atomic E-state index is 0.0582. The van der Waals surface area contributed by atoms with Crippen molar-refractivity contribution < 1.29 is 18.3 Å². The Morgan fingerprint density at radius 2 is 2.31 bits per heavy atom. The average Bonchev–Trinajstić information content (AvgIpc) is 2.59. The summed E-state index contributed by atoms with van der Waals surface area (Å²) in [5.41, 5.74) is 0. The van der Waals surface area contributed by atoms with Gasteiger partial charge in [0.2, 0.25) is 0 Å². The Bertz CT molecular complexity index is 465. The number of nitrogens with zero attached hydrogens (tertiary/aromatic N) is 2. The fourth-order valence-corrected chi connectivity index (χ4v) is 2.34. The van der Waals surface area contributed by atoms with Crippen LogP contribution in [0.4, 0.5) is 0 Å². The summed E-state index contributed by atoms with van der Waals surface area (Å²) in [4.78, 5) is 10.2. The number of aliphatic carboxylic acids is 1. The lowest BCUT2D eigenvalue weighted by Crippen LogP contribution is -2.27. The van der Waals surface area contributed by atoms with Crippen molar-refractivity contribution in [3.8, 4) is 0 Å². The number of nitrogens with one attached hydrogen (secondary N) is 1. The second kappa shape index (κ2) is 5.08. The summed E-state index contributed by atoms with van der Waals surface area (Å²) in [6.07, 6.45) is 1.58. The van der Waals surface area contributed by atoms with Crippen LogP contribution in [0.1, 0.15) is 12.8 Å². The first-order chi connectivity index (χ1) is 7.43. The number of rotatable bonds is 6. The molecule has 1 aromatic heterocycles. The Kier molecular flexibility index (Phi) is 4.02. The maximum absolute atomic E-state index is 11.6. The highest BCUT2D eigenvalue weighted by Crippen LogP contribution is 2.05. The minimum Gasteiger partial charge on any atom is -0.481 e. The third kappa shape index (κ3) is 3.31. The summed E-state index contributed by atoms with van der Waals surface area (Å²) >= 11 is 0. The van der Waals surface area contributed by atoms with Crippen molar-refractivity contribution in [3.05, 3.63) is 12.3 Å². The van der Waals surface area contributed by atoms with Crippen LogP contribution in [0, 0.1) is 0 Å². The lowest BCUT2D eigenvalue weighted by molar-refractivity contribution is -0.137. The van der Waals surface area contributed by atoms with E-state index >= 15 is 0 Å². The van der Waals surface area contributed by atoms with Crippen LogP contribution in [0.5, 0.6) is 0 Å². The highest BCUT2D eigenvalue weighted by molar-refractivity contribution is 7.89. The molecule has 2 N–H and O–H groups in total. The van der Waals surface area contributed by atoms with E-state index in [-0.39, 0.29) is 24.4 Å². The predicted octanol–water partition coefficient (Wildman–Crippen LogP) is -0.437. The molecular weight excluding hydrogens is 234 g/mol. The molecule has 8 heteroatoms. The molecule has 0 unspecified atom stereocenters. The quantitative estimate of drug-likeness (QED) is 0.664. The molecule has 1 aromatic rings. The fourth-order valence-electron chi connectivity index (χ4n) is 1.15. The van der Waals surface area contributed by atoms with Crippen LogP contribution >= 0.6 is 0 Å². The maximum atomic E-state index is 11.6. The van der Waals surface area contributed by atoms with Gasteiger partial charge in [-0.05, 0) is 12.5 Å². The van der Waals surface area contributed by atoms with Crippen LogP contribution < -0.4 is 4.72 Å². The van der Waals surface area contributed by atoms with E-state index in [9.17, 15) is 13.2 Å². The van der Waals surface area contributed by atoms with Gasteiger partial charge in [0.25, 0.3) is 10.0 Å². The van der Waals surface area contributed by atoms with Crippen LogP contribution in [0.2, 0.25) is 0 Å². The first kappa shape index (κ1) is 12.7. The second-order valence-corrected chi connectivity index (χ2v) is 4.90. The molecule has 1 rings (SSSR count). The molecule has 0 aromatic carbocycles. The molecule has 0 saturated carbocycles. The van der Waals surface area contributed by atoms with Crippen LogP contribution in [-0.4, -0.2) is 35.8 Å². The van der Waals surface area contributed by atoms with Crippen LogP contribution in [0.15, 0.2) is 17.3 Å². The van der Waals surface area contributed by atoms with Crippen LogP contribution in [0.3, 0.4) is 0 Å². The molecule has 0 radical (unpaired) electrons. The van der Waals surface area contributed by atoms with Crippen LogP contribution in [-0.2, 0) is 21.9 Å². The number of carboxylic acids is 1. The molecule has 7 nitrogen and oxygen atoms in total. The van der Waals surface area contributed by atoms with E-state index < -0.39 is 16.0 Å². The standard InChI is InChI=1S/C8H13N3O4S/c1-11-7(4-6-9-11)16(14,15)10-5-2-3-8(12)13/h4,6,10H,2-3,5H2,1H3,(H,12,13). The molecule has 90 valence electrons. The number of carbonyl (C=O) groups is 1. The molecule has 0 aliphatic rings. The maximum Gasteiger partial charge on any atom is 0.303 e. The highest BCUT2D eigenvalue weighted by atomic mass is 32.2. The Morgan fingerprint density at radius 3 is 2.81 bits per heavy atom. The Hall–Kier alpha value is -1.41. The van der Waals surface area contributed by atoms with Gasteiger partial charge in [0.05, 0.1) is 6.20 Å². The Morgan fingerprint density at radius 1 is 1.62 bits per heavy atom. The van der Waals surface area contributed by atoms with Crippen molar-refractivity contribution in [2.45, 2.75) is 17.9 Å². The third-order valence-electron chi connectivity index (χ3n) is 1.91. The summed E-state index contributed by atoms with van der Waals surface area (Å²) in [6.45, 7) is 0.0970. The lowest BCUT2D eigenvalue weighted by atomic mass is 10.3. The summed E-state index contributed by atoms with van der Waals surface area (Å²) in [5.74, 6) is -0.945. The number of aromatic nitrogens is 2. The van der Waals surface area contributed by atoms with Crippen molar-refractivity contribution in [1.29, 1.82) is 0 Å². The smallest absolute Gasteiger partial charge is 0.303 e. The van der Waals surface area contributed by atoms with E-state index in [0.29, 0.717) is 0 Å². The van der Waals surface area contributed by atoms with Gasteiger partial charge in [-0.3, -0.25) is 9.48 Å². The van der Waals surface area contributed by atoms with E-state index in [4.69, 9.17) is 5.11 Å². The number of aryl methyl sites for hydroxylation is 1. The molecule has 0 aliphatic heterocycles. The largest absolute Gasteiger partial charge is 0.481 e. The van der Waals surface area contributed by atoms with E-state index in [1.807, 2.05) is 0 Å². The van der Waals surface area contributed by atoms with E-state index in [0.717, 1.165) is 0 Å². The van der Waals surface area contributed by atoms with Gasteiger partial charge in [0.15, 0.2) is 5.03 Å². The number of hydrogen-bond acceptors (Lipinski definition) is 4. The molecule has 0 atom stereocenters. The van der Waals surface area contributed by atoms with Gasteiger partial charge in [-0.1, -0.05) is 0 Å². The van der Waals surface area contributed by atoms with E-state index in [1.165, 1.54) is 24.0 Å². The van der Waals surface area contributed by atoms with Crippen molar-refractivity contribution in [2.24, 2.45) is 7.05 Å². The summed E-state index contributed by atoms with van der Waals surface area (Å²) in [5, 5.41) is 12.2. The highest BCUT2D eigenvalue weighted by Gasteiger charge is 2.16. The molecule has 0 spiro atoms. The summed E-state index contributed by atoms with van der Waals surface area (Å²) in [6, 6.07) is 1.37. The minimum atomic E-state index is -3.59. The predicted molar refractivity (Wildman–Crippen MR) is 55.3 cm³/mol. The van der Waals surface area contributed by atoms with Crippen molar-refractivity contribution in [1.82, 2.24) is 14.5 Å². The molecule has 0 aliphatic carbocycles. The zero-order valence-corrected chi connectivity index (χ0v) is 9.57. The van der Waals surface area contributed by atoms with E-state index in [2.05, 4.69) is 9.82 Å². The third-order valence-corrected chi connectivity index (χ3v) is 3.45. The number of carboxylic acid groups (broad SMARTS) is 1. The topological polar surface area (TPSA) is 101 Å². The zero-order chi connectivity index (χ0) is 12.2. The van der Waals surface area contributed by atoms with Gasteiger partial charge < -0.3 is 5.11 Å². The molecule has 0 amide bonds. The first-order valence-corrected chi connectivity index (χ1v) is 6.11. The molecule has 0 fully saturated rings. The monoisotopic (exact) mass is 247 g/mol. The van der Waals surface area contributed by atoms with Crippen LogP contribution in [0.25, 0.3) is 0 Å². The Balaban J connectivity index is 2.54. The van der Waals surface area contributed by atoms with E-state index in [1.54, 1.807) is 0 Å². The molecule has 1 heterocycles. The van der Waals surface area contributed by atoms with Gasteiger partial charge in [0, 0.05) is 20.0 Å².